The first kappa shape index (κ1) is 37.4. The minimum atomic E-state index is -0.306. The highest BCUT2D eigenvalue weighted by molar-refractivity contribution is 5.69. The van der Waals surface area contributed by atoms with Crippen molar-refractivity contribution in [2.75, 3.05) is 0 Å². The molecule has 2 N–H and O–H groups in total. The molecule has 0 aliphatic carbocycles. The van der Waals surface area contributed by atoms with Crippen LogP contribution in [0.4, 0.5) is 0 Å². The maximum Gasteiger partial charge on any atom is 0.306 e. The number of unbranched alkanes of at least 4 members (excludes halogenated alkanes) is 14. The number of carbonyl (C=O) groups is 1. The van der Waals surface area contributed by atoms with Crippen molar-refractivity contribution in [2.24, 2.45) is 5.41 Å². The third kappa shape index (κ3) is 16.6. The van der Waals surface area contributed by atoms with Crippen molar-refractivity contribution in [2.45, 2.75) is 189 Å². The fourth-order valence-electron chi connectivity index (χ4n) is 6.22. The number of aliphatic hydroxyl groups is 1. The SMILES string of the molecule is CCCCCCC(CCCCCC)(CCCCCC)CCCCCCCCC(=O)OCc1cnc(C)c(O)c1CO. The lowest BCUT2D eigenvalue weighted by Crippen LogP contribution is -2.21. The second-order valence-corrected chi connectivity index (χ2v) is 12.6. The van der Waals surface area contributed by atoms with E-state index in [1.165, 1.54) is 128 Å². The molecule has 0 aliphatic rings. The van der Waals surface area contributed by atoms with Gasteiger partial charge in [0.15, 0.2) is 0 Å². The average Bonchev–Trinajstić information content (AvgIpc) is 2.97. The molecule has 0 saturated heterocycles. The van der Waals surface area contributed by atoms with E-state index in [9.17, 15) is 15.0 Å². The van der Waals surface area contributed by atoms with Crippen LogP contribution < -0.4 is 0 Å². The monoisotopic (exact) mass is 575 g/mol. The number of rotatable bonds is 27. The Bertz CT molecular complexity index is 763. The molecular weight excluding hydrogens is 510 g/mol. The van der Waals surface area contributed by atoms with Crippen LogP contribution in [-0.2, 0) is 22.7 Å². The van der Waals surface area contributed by atoms with Crippen LogP contribution in [0.25, 0.3) is 0 Å². The van der Waals surface area contributed by atoms with Crippen molar-refractivity contribution < 1.29 is 19.7 Å². The molecule has 0 atom stereocenters. The second kappa shape index (κ2) is 23.9. The number of aliphatic hydroxyl groups excluding tert-OH is 1. The summed E-state index contributed by atoms with van der Waals surface area (Å²) in [5.74, 6) is -0.254. The molecular formula is C36H65NO4. The lowest BCUT2D eigenvalue weighted by atomic mass is 9.70. The van der Waals surface area contributed by atoms with Crippen LogP contribution in [0, 0.1) is 12.3 Å². The molecule has 1 rings (SSSR count). The Morgan fingerprint density at radius 1 is 0.732 bits per heavy atom. The van der Waals surface area contributed by atoms with Crippen LogP contribution in [-0.4, -0.2) is 21.2 Å². The van der Waals surface area contributed by atoms with Crippen molar-refractivity contribution in [1.29, 1.82) is 0 Å². The van der Waals surface area contributed by atoms with Crippen molar-refractivity contribution in [3.63, 3.8) is 0 Å². The molecule has 0 bridgehead atoms. The molecule has 0 aliphatic heterocycles. The van der Waals surface area contributed by atoms with Gasteiger partial charge in [0.05, 0.1) is 12.3 Å². The first-order chi connectivity index (χ1) is 19.9. The van der Waals surface area contributed by atoms with Gasteiger partial charge in [-0.15, -0.1) is 0 Å². The van der Waals surface area contributed by atoms with Gasteiger partial charge in [-0.3, -0.25) is 9.78 Å². The van der Waals surface area contributed by atoms with E-state index in [2.05, 4.69) is 25.8 Å². The number of aromatic nitrogens is 1. The molecule has 5 heteroatoms. The number of aromatic hydroxyl groups is 1. The maximum atomic E-state index is 12.2. The Labute approximate surface area is 253 Å². The summed E-state index contributed by atoms with van der Waals surface area (Å²) in [6, 6.07) is 0. The van der Waals surface area contributed by atoms with Gasteiger partial charge >= 0.3 is 5.97 Å². The summed E-state index contributed by atoms with van der Waals surface area (Å²) in [5, 5.41) is 19.6. The zero-order valence-electron chi connectivity index (χ0n) is 27.4. The molecule has 41 heavy (non-hydrogen) atoms. The van der Waals surface area contributed by atoms with Crippen LogP contribution in [0.3, 0.4) is 0 Å². The van der Waals surface area contributed by atoms with Crippen LogP contribution in [0.2, 0.25) is 0 Å². The highest BCUT2D eigenvalue weighted by Crippen LogP contribution is 2.42. The van der Waals surface area contributed by atoms with Gasteiger partial charge in [0.2, 0.25) is 0 Å². The van der Waals surface area contributed by atoms with E-state index in [-0.39, 0.29) is 24.9 Å². The van der Waals surface area contributed by atoms with E-state index in [0.29, 0.717) is 28.7 Å². The summed E-state index contributed by atoms with van der Waals surface area (Å²) in [6.07, 6.45) is 31.2. The largest absolute Gasteiger partial charge is 0.506 e. The van der Waals surface area contributed by atoms with Crippen LogP contribution in [0.1, 0.15) is 185 Å². The number of ether oxygens (including phenoxy) is 1. The highest BCUT2D eigenvalue weighted by atomic mass is 16.5. The molecule has 238 valence electrons. The first-order valence-corrected chi connectivity index (χ1v) is 17.4. The predicted molar refractivity (Wildman–Crippen MR) is 172 cm³/mol. The molecule has 1 heterocycles. The molecule has 0 amide bonds. The van der Waals surface area contributed by atoms with Gasteiger partial charge in [0.25, 0.3) is 0 Å². The quantitative estimate of drug-likeness (QED) is 0.0805. The zero-order valence-corrected chi connectivity index (χ0v) is 27.4. The summed E-state index contributed by atoms with van der Waals surface area (Å²) in [4.78, 5) is 16.3. The van der Waals surface area contributed by atoms with Gasteiger partial charge in [-0.05, 0) is 44.4 Å². The summed E-state index contributed by atoms with van der Waals surface area (Å²) in [7, 11) is 0. The third-order valence-corrected chi connectivity index (χ3v) is 9.00. The number of esters is 1. The van der Waals surface area contributed by atoms with E-state index < -0.39 is 0 Å². The van der Waals surface area contributed by atoms with Crippen LogP contribution in [0.15, 0.2) is 6.20 Å². The average molecular weight is 576 g/mol. The Morgan fingerprint density at radius 3 is 1.63 bits per heavy atom. The zero-order chi connectivity index (χ0) is 30.2. The number of nitrogens with zero attached hydrogens (tertiary/aromatic N) is 1. The standard InChI is InChI=1S/C36H65NO4/c1-5-8-11-19-24-36(25-20-12-9-6-2,26-21-13-10-7-3)27-22-17-15-14-16-18-23-34(39)41-30-32-28-37-31(4)35(40)33(32)29-38/h28,38,40H,5-27,29-30H2,1-4H3. The van der Waals surface area contributed by atoms with Crippen molar-refractivity contribution >= 4 is 5.97 Å². The molecule has 0 spiro atoms. The fourth-order valence-corrected chi connectivity index (χ4v) is 6.22. The molecule has 0 aromatic carbocycles. The number of pyridine rings is 1. The molecule has 0 fully saturated rings. The summed E-state index contributed by atoms with van der Waals surface area (Å²) in [6.45, 7) is 8.35. The number of hydrogen-bond donors (Lipinski definition) is 2. The van der Waals surface area contributed by atoms with E-state index in [0.717, 1.165) is 12.8 Å². The number of hydrogen-bond acceptors (Lipinski definition) is 5. The minimum Gasteiger partial charge on any atom is -0.506 e. The van der Waals surface area contributed by atoms with Crippen molar-refractivity contribution in [1.82, 2.24) is 4.98 Å². The summed E-state index contributed by atoms with van der Waals surface area (Å²) < 4.78 is 5.39. The molecule has 0 unspecified atom stereocenters. The Kier molecular flexibility index (Phi) is 21.8. The lowest BCUT2D eigenvalue weighted by Gasteiger charge is -2.35. The Morgan fingerprint density at radius 2 is 1.17 bits per heavy atom. The van der Waals surface area contributed by atoms with Gasteiger partial charge in [-0.25, -0.2) is 0 Å². The maximum absolute atomic E-state index is 12.2. The molecule has 1 aromatic heterocycles. The number of aryl methyl sites for hydroxylation is 1. The topological polar surface area (TPSA) is 79.7 Å². The number of carbonyl (C=O) groups excluding carboxylic acids is 1. The lowest BCUT2D eigenvalue weighted by molar-refractivity contribution is -0.145. The third-order valence-electron chi connectivity index (χ3n) is 9.00. The minimum absolute atomic E-state index is 0.0252. The molecule has 5 nitrogen and oxygen atoms in total. The predicted octanol–water partition coefficient (Wildman–Crippen LogP) is 10.6. The summed E-state index contributed by atoms with van der Waals surface area (Å²) >= 11 is 0. The van der Waals surface area contributed by atoms with Gasteiger partial charge in [0, 0.05) is 23.7 Å². The van der Waals surface area contributed by atoms with Gasteiger partial charge < -0.3 is 14.9 Å². The molecule has 0 saturated carbocycles. The normalized spacial score (nSPS) is 11.7. The highest BCUT2D eigenvalue weighted by Gasteiger charge is 2.28. The van der Waals surface area contributed by atoms with Crippen LogP contribution in [0.5, 0.6) is 5.75 Å². The smallest absolute Gasteiger partial charge is 0.306 e. The van der Waals surface area contributed by atoms with E-state index >= 15 is 0 Å². The van der Waals surface area contributed by atoms with Crippen molar-refractivity contribution in [3.8, 4) is 5.75 Å². The van der Waals surface area contributed by atoms with E-state index in [4.69, 9.17) is 4.74 Å². The van der Waals surface area contributed by atoms with Crippen LogP contribution >= 0.6 is 0 Å². The van der Waals surface area contributed by atoms with Crippen molar-refractivity contribution in [3.05, 3.63) is 23.0 Å². The Hall–Kier alpha value is -1.62. The second-order valence-electron chi connectivity index (χ2n) is 12.6. The van der Waals surface area contributed by atoms with Gasteiger partial charge in [-0.1, -0.05) is 130 Å². The summed E-state index contributed by atoms with van der Waals surface area (Å²) in [5.41, 5.74) is 1.97. The Balaban J connectivity index is 2.41. The molecule has 1 aromatic rings. The first-order valence-electron chi connectivity index (χ1n) is 17.4. The van der Waals surface area contributed by atoms with Gasteiger partial charge in [-0.2, -0.15) is 0 Å². The van der Waals surface area contributed by atoms with E-state index in [1.54, 1.807) is 13.1 Å². The van der Waals surface area contributed by atoms with Gasteiger partial charge in [0.1, 0.15) is 12.4 Å². The van der Waals surface area contributed by atoms with E-state index in [1.807, 2.05) is 0 Å². The molecule has 0 radical (unpaired) electrons. The fraction of sp³-hybridized carbons (Fsp3) is 0.833.